The van der Waals surface area contributed by atoms with Gasteiger partial charge in [-0.05, 0) is 64.9 Å². The van der Waals surface area contributed by atoms with Crippen LogP contribution >= 0.6 is 44.1 Å². The van der Waals surface area contributed by atoms with E-state index < -0.39 is 5.91 Å². The van der Waals surface area contributed by atoms with Crippen molar-refractivity contribution in [3.63, 3.8) is 0 Å². The standard InChI is InChI=1S/C16H14Br2N2O3S/c1-8-3-4-13(21)12(5-8)19-16(24)20-15(22)10-6-9(17)7-11(18)14(10)23-2/h3-7,21H,1-2H3,(H2,19,20,22,24). The lowest BCUT2D eigenvalue weighted by Crippen LogP contribution is -2.34. The minimum atomic E-state index is -0.432. The highest BCUT2D eigenvalue weighted by Gasteiger charge is 2.17. The fraction of sp³-hybridized carbons (Fsp3) is 0.125. The van der Waals surface area contributed by atoms with Crippen LogP contribution in [0.15, 0.2) is 39.3 Å². The van der Waals surface area contributed by atoms with Gasteiger partial charge in [0, 0.05) is 4.47 Å². The number of halogens is 2. The van der Waals surface area contributed by atoms with Gasteiger partial charge in [0.2, 0.25) is 0 Å². The Hall–Kier alpha value is -1.64. The van der Waals surface area contributed by atoms with Crippen molar-refractivity contribution in [2.45, 2.75) is 6.92 Å². The van der Waals surface area contributed by atoms with E-state index in [-0.39, 0.29) is 10.9 Å². The lowest BCUT2D eigenvalue weighted by Gasteiger charge is -2.14. The van der Waals surface area contributed by atoms with Crippen LogP contribution < -0.4 is 15.4 Å². The van der Waals surface area contributed by atoms with Crippen molar-refractivity contribution < 1.29 is 14.6 Å². The van der Waals surface area contributed by atoms with Gasteiger partial charge in [0.05, 0.1) is 22.8 Å². The zero-order valence-electron chi connectivity index (χ0n) is 12.8. The highest BCUT2D eigenvalue weighted by molar-refractivity contribution is 9.11. The number of nitrogens with one attached hydrogen (secondary N) is 2. The monoisotopic (exact) mass is 472 g/mol. The number of hydrogen-bond acceptors (Lipinski definition) is 4. The number of hydrogen-bond donors (Lipinski definition) is 3. The Bertz CT molecular complexity index is 812. The van der Waals surface area contributed by atoms with Crippen LogP contribution in [0.2, 0.25) is 0 Å². The first kappa shape index (κ1) is 18.7. The average molecular weight is 474 g/mol. The van der Waals surface area contributed by atoms with Crippen LogP contribution in [0.4, 0.5) is 5.69 Å². The number of amides is 1. The number of thiocarbonyl (C=S) groups is 1. The summed E-state index contributed by atoms with van der Waals surface area (Å²) in [5, 5.41) is 15.3. The van der Waals surface area contributed by atoms with Gasteiger partial charge in [0.1, 0.15) is 11.5 Å². The number of aromatic hydroxyl groups is 1. The molecule has 3 N–H and O–H groups in total. The van der Waals surface area contributed by atoms with Gasteiger partial charge < -0.3 is 15.2 Å². The Labute approximate surface area is 161 Å². The van der Waals surface area contributed by atoms with E-state index in [0.717, 1.165) is 10.0 Å². The zero-order chi connectivity index (χ0) is 17.9. The van der Waals surface area contributed by atoms with Crippen LogP contribution in [0, 0.1) is 6.92 Å². The Morgan fingerprint density at radius 1 is 1.25 bits per heavy atom. The maximum atomic E-state index is 12.5. The second kappa shape index (κ2) is 7.96. The Morgan fingerprint density at radius 3 is 2.62 bits per heavy atom. The molecule has 0 atom stereocenters. The third-order valence-corrected chi connectivity index (χ3v) is 4.34. The molecule has 2 rings (SSSR count). The quantitative estimate of drug-likeness (QED) is 0.456. The predicted octanol–water partition coefficient (Wildman–Crippen LogP) is 4.36. The number of benzene rings is 2. The largest absolute Gasteiger partial charge is 0.506 e. The van der Waals surface area contributed by atoms with E-state index in [1.165, 1.54) is 7.11 Å². The molecule has 0 heterocycles. The molecular weight excluding hydrogens is 460 g/mol. The van der Waals surface area contributed by atoms with E-state index in [2.05, 4.69) is 42.5 Å². The number of carbonyl (C=O) groups excluding carboxylic acids is 1. The van der Waals surface area contributed by atoms with E-state index in [0.29, 0.717) is 21.5 Å². The molecule has 2 aromatic carbocycles. The molecule has 0 bridgehead atoms. The molecule has 24 heavy (non-hydrogen) atoms. The molecule has 2 aromatic rings. The fourth-order valence-corrected chi connectivity index (χ4v) is 3.60. The Morgan fingerprint density at radius 2 is 1.96 bits per heavy atom. The maximum absolute atomic E-state index is 12.5. The number of carbonyl (C=O) groups is 1. The summed E-state index contributed by atoms with van der Waals surface area (Å²) in [4.78, 5) is 12.5. The third-order valence-electron chi connectivity index (χ3n) is 3.08. The molecule has 0 unspecified atom stereocenters. The van der Waals surface area contributed by atoms with Crippen molar-refractivity contribution in [1.29, 1.82) is 0 Å². The van der Waals surface area contributed by atoms with Gasteiger partial charge in [0.15, 0.2) is 5.11 Å². The first-order chi connectivity index (χ1) is 11.3. The number of phenols is 1. The van der Waals surface area contributed by atoms with Crippen molar-refractivity contribution >= 4 is 60.8 Å². The SMILES string of the molecule is COc1c(Br)cc(Br)cc1C(=O)NC(=S)Nc1cc(C)ccc1O. The lowest BCUT2D eigenvalue weighted by atomic mass is 10.2. The summed E-state index contributed by atoms with van der Waals surface area (Å²) in [7, 11) is 1.48. The second-order valence-corrected chi connectivity index (χ2v) is 7.08. The molecule has 8 heteroatoms. The molecule has 0 aliphatic rings. The van der Waals surface area contributed by atoms with Crippen LogP contribution in [0.25, 0.3) is 0 Å². The predicted molar refractivity (Wildman–Crippen MR) is 105 cm³/mol. The summed E-state index contributed by atoms with van der Waals surface area (Å²) in [5.74, 6) is 0.00961. The van der Waals surface area contributed by atoms with E-state index in [1.807, 2.05) is 6.92 Å². The highest BCUT2D eigenvalue weighted by atomic mass is 79.9. The normalized spacial score (nSPS) is 10.2. The minimum Gasteiger partial charge on any atom is -0.506 e. The maximum Gasteiger partial charge on any atom is 0.261 e. The van der Waals surface area contributed by atoms with Crippen LogP contribution in [-0.2, 0) is 0 Å². The van der Waals surface area contributed by atoms with Gasteiger partial charge in [-0.15, -0.1) is 0 Å². The first-order valence-electron chi connectivity index (χ1n) is 6.76. The Balaban J connectivity index is 2.18. The molecule has 0 fully saturated rings. The highest BCUT2D eigenvalue weighted by Crippen LogP contribution is 2.32. The van der Waals surface area contributed by atoms with Crippen LogP contribution in [0.1, 0.15) is 15.9 Å². The van der Waals surface area contributed by atoms with Crippen molar-refractivity contribution in [3.8, 4) is 11.5 Å². The number of anilines is 1. The molecule has 0 aliphatic carbocycles. The number of ether oxygens (including phenoxy) is 1. The number of aryl methyl sites for hydroxylation is 1. The van der Waals surface area contributed by atoms with E-state index in [1.54, 1.807) is 30.3 Å². The second-order valence-electron chi connectivity index (χ2n) is 4.90. The van der Waals surface area contributed by atoms with Crippen LogP contribution in [0.3, 0.4) is 0 Å². The van der Waals surface area contributed by atoms with Crippen molar-refractivity contribution in [2.24, 2.45) is 0 Å². The third kappa shape index (κ3) is 4.46. The van der Waals surface area contributed by atoms with Crippen LogP contribution in [-0.4, -0.2) is 23.2 Å². The van der Waals surface area contributed by atoms with Gasteiger partial charge >= 0.3 is 0 Å². The van der Waals surface area contributed by atoms with Gasteiger partial charge in [-0.25, -0.2) is 0 Å². The van der Waals surface area contributed by atoms with E-state index in [4.69, 9.17) is 17.0 Å². The zero-order valence-corrected chi connectivity index (χ0v) is 16.8. The summed E-state index contributed by atoms with van der Waals surface area (Å²) >= 11 is 11.8. The molecular formula is C16H14Br2N2O3S. The summed E-state index contributed by atoms with van der Waals surface area (Å²) < 4.78 is 6.61. The number of methoxy groups -OCH3 is 1. The topological polar surface area (TPSA) is 70.6 Å². The summed E-state index contributed by atoms with van der Waals surface area (Å²) in [6.07, 6.45) is 0. The molecule has 0 radical (unpaired) electrons. The Kier molecular flexibility index (Phi) is 6.20. The van der Waals surface area contributed by atoms with Crippen molar-refractivity contribution in [3.05, 3.63) is 50.4 Å². The first-order valence-corrected chi connectivity index (χ1v) is 8.76. The summed E-state index contributed by atoms with van der Waals surface area (Å²) in [6.45, 7) is 1.89. The lowest BCUT2D eigenvalue weighted by molar-refractivity contribution is 0.0974. The van der Waals surface area contributed by atoms with Crippen molar-refractivity contribution in [2.75, 3.05) is 12.4 Å². The molecule has 1 amide bonds. The fourth-order valence-electron chi connectivity index (χ4n) is 2.01. The molecule has 5 nitrogen and oxygen atoms in total. The average Bonchev–Trinajstić information content (AvgIpc) is 2.50. The van der Waals surface area contributed by atoms with Gasteiger partial charge in [-0.1, -0.05) is 22.0 Å². The smallest absolute Gasteiger partial charge is 0.261 e. The molecule has 0 saturated heterocycles. The molecule has 0 saturated carbocycles. The van der Waals surface area contributed by atoms with Crippen LogP contribution in [0.5, 0.6) is 11.5 Å². The van der Waals surface area contributed by atoms with Gasteiger partial charge in [-0.2, -0.15) is 0 Å². The van der Waals surface area contributed by atoms with Gasteiger partial charge in [-0.3, -0.25) is 10.1 Å². The van der Waals surface area contributed by atoms with Gasteiger partial charge in [0.25, 0.3) is 5.91 Å². The molecule has 0 spiro atoms. The minimum absolute atomic E-state index is 0.0416. The summed E-state index contributed by atoms with van der Waals surface area (Å²) in [5.41, 5.74) is 1.68. The van der Waals surface area contributed by atoms with E-state index in [9.17, 15) is 9.90 Å². The molecule has 0 aromatic heterocycles. The number of rotatable bonds is 3. The summed E-state index contributed by atoms with van der Waals surface area (Å²) in [6, 6.07) is 8.45. The van der Waals surface area contributed by atoms with E-state index >= 15 is 0 Å². The number of phenolic OH excluding ortho intramolecular Hbond substituents is 1. The molecule has 126 valence electrons. The molecule has 0 aliphatic heterocycles. The van der Waals surface area contributed by atoms with Crippen molar-refractivity contribution in [1.82, 2.24) is 5.32 Å².